The number of hydrogen-bond donors (Lipinski definition) is 0. The number of nitrogens with zero attached hydrogens (tertiary/aromatic N) is 3. The van der Waals surface area contributed by atoms with Gasteiger partial charge in [0.15, 0.2) is 0 Å². The maximum atomic E-state index is 6.33. The summed E-state index contributed by atoms with van der Waals surface area (Å²) in [5, 5.41) is 1.43. The smallest absolute Gasteiger partial charge is 0.225 e. The lowest BCUT2D eigenvalue weighted by molar-refractivity contribution is -0.00537. The average molecular weight is 416 g/mol. The first-order valence-electron chi connectivity index (χ1n) is 9.98. The summed E-state index contributed by atoms with van der Waals surface area (Å²) in [5.41, 5.74) is 3.82. The highest BCUT2D eigenvalue weighted by Crippen LogP contribution is 2.43. The molecule has 28 heavy (non-hydrogen) atoms. The Bertz CT molecular complexity index is 976. The second kappa shape index (κ2) is 7.97. The third kappa shape index (κ3) is 3.63. The van der Waals surface area contributed by atoms with Crippen molar-refractivity contribution in [2.24, 2.45) is 0 Å². The van der Waals surface area contributed by atoms with Crippen LogP contribution in [0.3, 0.4) is 0 Å². The molecule has 1 aliphatic heterocycles. The molecule has 4 rings (SSSR count). The second-order valence-corrected chi connectivity index (χ2v) is 8.88. The molecular weight excluding hydrogens is 390 g/mol. The largest absolute Gasteiger partial charge is 0.372 e. The van der Waals surface area contributed by atoms with Crippen LogP contribution in [0.15, 0.2) is 24.3 Å². The lowest BCUT2D eigenvalue weighted by atomic mass is 9.99. The highest BCUT2D eigenvalue weighted by atomic mass is 35.5. The van der Waals surface area contributed by atoms with Gasteiger partial charge in [0.25, 0.3) is 0 Å². The van der Waals surface area contributed by atoms with Crippen LogP contribution in [0, 0.1) is 0 Å². The predicted octanol–water partition coefficient (Wildman–Crippen LogP) is 5.75. The summed E-state index contributed by atoms with van der Waals surface area (Å²) in [6.45, 7) is 10.2. The number of fused-ring (bicyclic) bond motifs is 1. The molecule has 3 aromatic rings. The summed E-state index contributed by atoms with van der Waals surface area (Å²) in [7, 11) is 0. The molecule has 0 spiro atoms. The Morgan fingerprint density at radius 2 is 1.75 bits per heavy atom. The third-order valence-corrected chi connectivity index (χ3v) is 6.67. The van der Waals surface area contributed by atoms with Crippen molar-refractivity contribution in [3.05, 3.63) is 40.0 Å². The van der Waals surface area contributed by atoms with E-state index in [1.54, 1.807) is 11.3 Å². The Labute approximate surface area is 175 Å². The minimum Gasteiger partial charge on any atom is -0.372 e. The van der Waals surface area contributed by atoms with Crippen molar-refractivity contribution in [1.82, 2.24) is 9.97 Å². The first-order chi connectivity index (χ1) is 13.5. The average Bonchev–Trinajstić information content (AvgIpc) is 3.05. The van der Waals surface area contributed by atoms with Gasteiger partial charge in [-0.1, -0.05) is 38.1 Å². The van der Waals surface area contributed by atoms with E-state index in [0.29, 0.717) is 5.28 Å². The van der Waals surface area contributed by atoms with Crippen molar-refractivity contribution < 1.29 is 4.74 Å². The first kappa shape index (κ1) is 19.6. The van der Waals surface area contributed by atoms with Gasteiger partial charge in [-0.05, 0) is 49.4 Å². The molecule has 0 amide bonds. The van der Waals surface area contributed by atoms with Crippen LogP contribution < -0.4 is 4.90 Å². The van der Waals surface area contributed by atoms with Gasteiger partial charge in [0.1, 0.15) is 10.6 Å². The molecule has 3 heterocycles. The lowest BCUT2D eigenvalue weighted by Crippen LogP contribution is -2.46. The maximum Gasteiger partial charge on any atom is 0.225 e. The highest BCUT2D eigenvalue weighted by molar-refractivity contribution is 7.19. The van der Waals surface area contributed by atoms with Crippen LogP contribution in [0.4, 0.5) is 5.82 Å². The molecule has 1 aromatic carbocycles. The third-order valence-electron chi connectivity index (χ3n) is 5.27. The standard InChI is InChI=1S/C22H26ClN3OS/c1-5-15-7-9-16(10-8-15)18-17(6-2)28-21-19(18)20(24-22(23)25-21)26-11-13(3)27-14(4)12-26/h7-10,13-14H,5-6,11-12H2,1-4H3. The zero-order chi connectivity index (χ0) is 19.8. The molecule has 2 aromatic heterocycles. The first-order valence-corrected chi connectivity index (χ1v) is 11.2. The molecule has 0 radical (unpaired) electrons. The number of thiophene rings is 1. The van der Waals surface area contributed by atoms with E-state index in [1.165, 1.54) is 21.6 Å². The maximum absolute atomic E-state index is 6.33. The van der Waals surface area contributed by atoms with E-state index < -0.39 is 0 Å². The van der Waals surface area contributed by atoms with Crippen LogP contribution in [-0.4, -0.2) is 35.3 Å². The molecule has 2 atom stereocenters. The lowest BCUT2D eigenvalue weighted by Gasteiger charge is -2.36. The van der Waals surface area contributed by atoms with Crippen LogP contribution in [0.5, 0.6) is 0 Å². The molecule has 1 aliphatic rings. The molecule has 148 valence electrons. The van der Waals surface area contributed by atoms with E-state index in [4.69, 9.17) is 21.3 Å². The van der Waals surface area contributed by atoms with Crippen molar-refractivity contribution in [3.63, 3.8) is 0 Å². The fourth-order valence-corrected chi connectivity index (χ4v) is 5.39. The van der Waals surface area contributed by atoms with Gasteiger partial charge in [0.05, 0.1) is 17.6 Å². The molecular formula is C22H26ClN3OS. The van der Waals surface area contributed by atoms with Gasteiger partial charge in [-0.3, -0.25) is 0 Å². The fourth-order valence-electron chi connectivity index (χ4n) is 4.04. The Hall–Kier alpha value is -1.69. The molecule has 6 heteroatoms. The van der Waals surface area contributed by atoms with Gasteiger partial charge in [-0.2, -0.15) is 4.98 Å². The summed E-state index contributed by atoms with van der Waals surface area (Å²) in [6.07, 6.45) is 2.31. The zero-order valence-electron chi connectivity index (χ0n) is 16.8. The van der Waals surface area contributed by atoms with Gasteiger partial charge in [-0.15, -0.1) is 11.3 Å². The normalized spacial score (nSPS) is 20.1. The second-order valence-electron chi connectivity index (χ2n) is 7.46. The highest BCUT2D eigenvalue weighted by Gasteiger charge is 2.28. The summed E-state index contributed by atoms with van der Waals surface area (Å²) in [5.74, 6) is 0.933. The summed E-state index contributed by atoms with van der Waals surface area (Å²) < 4.78 is 5.93. The minimum atomic E-state index is 0.157. The van der Waals surface area contributed by atoms with Gasteiger partial charge < -0.3 is 9.64 Å². The van der Waals surface area contributed by atoms with Crippen LogP contribution in [-0.2, 0) is 17.6 Å². The van der Waals surface area contributed by atoms with E-state index in [-0.39, 0.29) is 12.2 Å². The fraction of sp³-hybridized carbons (Fsp3) is 0.455. The van der Waals surface area contributed by atoms with Crippen LogP contribution in [0.2, 0.25) is 5.28 Å². The van der Waals surface area contributed by atoms with Crippen molar-refractivity contribution >= 4 is 39.0 Å². The van der Waals surface area contributed by atoms with Crippen molar-refractivity contribution in [2.45, 2.75) is 52.7 Å². The number of hydrogen-bond acceptors (Lipinski definition) is 5. The Kier molecular flexibility index (Phi) is 5.59. The SMILES string of the molecule is CCc1ccc(-c2c(CC)sc3nc(Cl)nc(N4CC(C)OC(C)C4)c23)cc1. The summed E-state index contributed by atoms with van der Waals surface area (Å²) in [4.78, 5) is 13.9. The van der Waals surface area contributed by atoms with Crippen molar-refractivity contribution in [2.75, 3.05) is 18.0 Å². The van der Waals surface area contributed by atoms with Crippen LogP contribution in [0.1, 0.15) is 38.1 Å². The van der Waals surface area contributed by atoms with Gasteiger partial charge in [0, 0.05) is 23.5 Å². The van der Waals surface area contributed by atoms with E-state index in [9.17, 15) is 0 Å². The molecule has 0 aliphatic carbocycles. The number of benzene rings is 1. The predicted molar refractivity (Wildman–Crippen MR) is 119 cm³/mol. The summed E-state index contributed by atoms with van der Waals surface area (Å²) >= 11 is 8.06. The van der Waals surface area contributed by atoms with Gasteiger partial charge >= 0.3 is 0 Å². The monoisotopic (exact) mass is 415 g/mol. The minimum absolute atomic E-state index is 0.157. The van der Waals surface area contributed by atoms with Gasteiger partial charge in [0.2, 0.25) is 5.28 Å². The Morgan fingerprint density at radius 1 is 1.07 bits per heavy atom. The number of morpholine rings is 1. The van der Waals surface area contributed by atoms with Crippen LogP contribution in [0.25, 0.3) is 21.3 Å². The Morgan fingerprint density at radius 3 is 2.36 bits per heavy atom. The molecule has 1 fully saturated rings. The quantitative estimate of drug-likeness (QED) is 0.508. The molecule has 1 saturated heterocycles. The van der Waals surface area contributed by atoms with E-state index in [2.05, 4.69) is 61.8 Å². The number of anilines is 1. The Balaban J connectivity index is 1.93. The molecule has 0 N–H and O–H groups in total. The van der Waals surface area contributed by atoms with E-state index in [0.717, 1.165) is 42.0 Å². The zero-order valence-corrected chi connectivity index (χ0v) is 18.4. The summed E-state index contributed by atoms with van der Waals surface area (Å²) in [6, 6.07) is 8.88. The molecule has 0 bridgehead atoms. The van der Waals surface area contributed by atoms with Crippen molar-refractivity contribution in [3.8, 4) is 11.1 Å². The molecule has 2 unspecified atom stereocenters. The number of rotatable bonds is 4. The molecule has 0 saturated carbocycles. The topological polar surface area (TPSA) is 38.2 Å². The van der Waals surface area contributed by atoms with Crippen LogP contribution >= 0.6 is 22.9 Å². The number of ether oxygens (including phenoxy) is 1. The molecule has 4 nitrogen and oxygen atoms in total. The van der Waals surface area contributed by atoms with E-state index >= 15 is 0 Å². The number of aromatic nitrogens is 2. The van der Waals surface area contributed by atoms with Crippen molar-refractivity contribution in [1.29, 1.82) is 0 Å². The van der Waals surface area contributed by atoms with E-state index in [1.807, 2.05) is 0 Å². The van der Waals surface area contributed by atoms with Gasteiger partial charge in [-0.25, -0.2) is 4.98 Å². The number of aryl methyl sites for hydroxylation is 2. The number of halogens is 1.